The molecule has 0 aliphatic heterocycles. The van der Waals surface area contributed by atoms with Crippen molar-refractivity contribution in [1.29, 1.82) is 0 Å². The number of nitrogens with zero attached hydrogens (tertiary/aromatic N) is 1. The fourth-order valence-corrected chi connectivity index (χ4v) is 3.66. The Bertz CT molecular complexity index is 422. The van der Waals surface area contributed by atoms with E-state index in [0.29, 0.717) is 12.1 Å². The van der Waals surface area contributed by atoms with E-state index < -0.39 is 0 Å². The molecule has 0 unspecified atom stereocenters. The number of nitrogens with two attached hydrogens (primary N) is 1. The van der Waals surface area contributed by atoms with Crippen molar-refractivity contribution in [2.24, 2.45) is 5.73 Å². The molecule has 1 saturated carbocycles. The lowest BCUT2D eigenvalue weighted by Gasteiger charge is -2.36. The van der Waals surface area contributed by atoms with Gasteiger partial charge in [0, 0.05) is 24.0 Å². The molecule has 1 aliphatic rings. The van der Waals surface area contributed by atoms with Gasteiger partial charge in [0.1, 0.15) is 0 Å². The van der Waals surface area contributed by atoms with Gasteiger partial charge in [0.05, 0.1) is 5.56 Å². The number of rotatable bonds is 4. The van der Waals surface area contributed by atoms with Crippen LogP contribution in [0.2, 0.25) is 0 Å². The summed E-state index contributed by atoms with van der Waals surface area (Å²) in [5.74, 6) is 0.209. The van der Waals surface area contributed by atoms with Crippen LogP contribution in [-0.4, -0.2) is 29.4 Å². The second kappa shape index (κ2) is 6.53. The smallest absolute Gasteiger partial charge is 0.255 e. The zero-order chi connectivity index (χ0) is 13.8. The lowest BCUT2D eigenvalue weighted by molar-refractivity contribution is 0.0626. The molecule has 0 radical (unpaired) electrons. The van der Waals surface area contributed by atoms with Gasteiger partial charge in [0.25, 0.3) is 5.91 Å². The number of thiophene rings is 1. The molecule has 1 aromatic heterocycles. The number of carbonyl (C=O) groups excluding carboxylic acids is 1. The topological polar surface area (TPSA) is 46.3 Å². The zero-order valence-corrected chi connectivity index (χ0v) is 12.7. The van der Waals surface area contributed by atoms with E-state index in [4.69, 9.17) is 5.73 Å². The number of hydrogen-bond donors (Lipinski definition) is 1. The molecule has 0 atom stereocenters. The third-order valence-corrected chi connectivity index (χ3v) is 4.85. The molecule has 2 rings (SSSR count). The maximum atomic E-state index is 12.7. The van der Waals surface area contributed by atoms with Crippen LogP contribution in [0.5, 0.6) is 0 Å². The van der Waals surface area contributed by atoms with E-state index in [-0.39, 0.29) is 5.91 Å². The molecule has 1 fully saturated rings. The van der Waals surface area contributed by atoms with Gasteiger partial charge >= 0.3 is 0 Å². The van der Waals surface area contributed by atoms with Crippen LogP contribution in [0.15, 0.2) is 10.8 Å². The predicted octanol–water partition coefficient (Wildman–Crippen LogP) is 3.18. The van der Waals surface area contributed by atoms with Crippen LogP contribution >= 0.6 is 11.3 Å². The average Bonchev–Trinajstić information content (AvgIpc) is 2.83. The molecule has 0 aromatic carbocycles. The first kappa shape index (κ1) is 14.5. The highest BCUT2D eigenvalue weighted by molar-refractivity contribution is 7.08. The van der Waals surface area contributed by atoms with Crippen LogP contribution < -0.4 is 5.73 Å². The van der Waals surface area contributed by atoms with Crippen LogP contribution in [0.3, 0.4) is 0 Å². The first-order valence-electron chi connectivity index (χ1n) is 7.22. The second-order valence-electron chi connectivity index (χ2n) is 5.54. The van der Waals surface area contributed by atoms with E-state index in [1.807, 2.05) is 17.7 Å². The molecule has 2 N–H and O–H groups in total. The lowest BCUT2D eigenvalue weighted by Crippen LogP contribution is -2.44. The fraction of sp³-hybridized carbons (Fsp3) is 0.667. The lowest BCUT2D eigenvalue weighted by atomic mass is 9.90. The van der Waals surface area contributed by atoms with Gasteiger partial charge in [-0.25, -0.2) is 0 Å². The molecule has 3 nitrogen and oxygen atoms in total. The van der Waals surface area contributed by atoms with E-state index in [1.165, 1.54) is 0 Å². The minimum Gasteiger partial charge on any atom is -0.336 e. The molecule has 4 heteroatoms. The van der Waals surface area contributed by atoms with Gasteiger partial charge in [-0.1, -0.05) is 6.92 Å². The van der Waals surface area contributed by atoms with Crippen molar-refractivity contribution in [3.63, 3.8) is 0 Å². The SMILES string of the molecule is CCCN(C(=O)c1cscc1C)C1CCC(N)CC1. The Balaban J connectivity index is 2.11. The highest BCUT2D eigenvalue weighted by Gasteiger charge is 2.28. The number of aryl methyl sites for hydroxylation is 1. The van der Waals surface area contributed by atoms with Crippen molar-refractivity contribution in [3.8, 4) is 0 Å². The summed E-state index contributed by atoms with van der Waals surface area (Å²) in [5.41, 5.74) is 7.95. The molecular weight excluding hydrogens is 256 g/mol. The quantitative estimate of drug-likeness (QED) is 0.920. The summed E-state index contributed by atoms with van der Waals surface area (Å²) in [5, 5.41) is 4.03. The summed E-state index contributed by atoms with van der Waals surface area (Å²) >= 11 is 1.61. The van der Waals surface area contributed by atoms with Crippen molar-refractivity contribution in [2.75, 3.05) is 6.54 Å². The van der Waals surface area contributed by atoms with E-state index in [1.54, 1.807) is 11.3 Å². The minimum absolute atomic E-state index is 0.209. The normalized spacial score (nSPS) is 23.3. The Morgan fingerprint density at radius 3 is 2.58 bits per heavy atom. The number of hydrogen-bond acceptors (Lipinski definition) is 3. The van der Waals surface area contributed by atoms with Crippen LogP contribution in [0.1, 0.15) is 54.9 Å². The van der Waals surface area contributed by atoms with E-state index in [0.717, 1.165) is 49.8 Å². The Labute approximate surface area is 119 Å². The molecule has 1 heterocycles. The summed E-state index contributed by atoms with van der Waals surface area (Å²) < 4.78 is 0. The van der Waals surface area contributed by atoms with Crippen molar-refractivity contribution in [2.45, 2.75) is 58.0 Å². The average molecular weight is 280 g/mol. The summed E-state index contributed by atoms with van der Waals surface area (Å²) in [6.07, 6.45) is 5.20. The van der Waals surface area contributed by atoms with Gasteiger partial charge in [0.2, 0.25) is 0 Å². The van der Waals surface area contributed by atoms with Crippen molar-refractivity contribution < 1.29 is 4.79 Å². The zero-order valence-electron chi connectivity index (χ0n) is 11.9. The largest absolute Gasteiger partial charge is 0.336 e. The fourth-order valence-electron chi connectivity index (χ4n) is 2.84. The molecule has 19 heavy (non-hydrogen) atoms. The van der Waals surface area contributed by atoms with Gasteiger partial charge in [-0.15, -0.1) is 0 Å². The molecule has 1 aromatic rings. The number of amides is 1. The van der Waals surface area contributed by atoms with Gasteiger partial charge in [-0.05, 0) is 50.0 Å². The van der Waals surface area contributed by atoms with E-state index >= 15 is 0 Å². The van der Waals surface area contributed by atoms with Gasteiger partial charge in [-0.3, -0.25) is 4.79 Å². The van der Waals surface area contributed by atoms with Crippen molar-refractivity contribution in [1.82, 2.24) is 4.90 Å². The van der Waals surface area contributed by atoms with Gasteiger partial charge in [-0.2, -0.15) is 11.3 Å². The third kappa shape index (κ3) is 3.37. The van der Waals surface area contributed by atoms with Crippen LogP contribution in [0.25, 0.3) is 0 Å². The summed E-state index contributed by atoms with van der Waals surface area (Å²) in [6, 6.07) is 0.712. The molecule has 106 valence electrons. The first-order chi connectivity index (χ1) is 9.13. The molecule has 1 aliphatic carbocycles. The van der Waals surface area contributed by atoms with Gasteiger partial charge < -0.3 is 10.6 Å². The number of carbonyl (C=O) groups is 1. The third-order valence-electron chi connectivity index (χ3n) is 3.99. The first-order valence-corrected chi connectivity index (χ1v) is 8.17. The molecule has 0 bridgehead atoms. The Morgan fingerprint density at radius 1 is 1.37 bits per heavy atom. The second-order valence-corrected chi connectivity index (χ2v) is 6.28. The van der Waals surface area contributed by atoms with E-state index in [9.17, 15) is 4.79 Å². The molecule has 0 saturated heterocycles. The van der Waals surface area contributed by atoms with Gasteiger partial charge in [0.15, 0.2) is 0 Å². The minimum atomic E-state index is 0.209. The summed E-state index contributed by atoms with van der Waals surface area (Å²) in [4.78, 5) is 14.8. The molecular formula is C15H24N2OS. The Morgan fingerprint density at radius 2 is 2.05 bits per heavy atom. The van der Waals surface area contributed by atoms with Crippen LogP contribution in [0.4, 0.5) is 0 Å². The van der Waals surface area contributed by atoms with E-state index in [2.05, 4.69) is 11.8 Å². The molecule has 0 spiro atoms. The van der Waals surface area contributed by atoms with Crippen LogP contribution in [-0.2, 0) is 0 Å². The van der Waals surface area contributed by atoms with Crippen molar-refractivity contribution >= 4 is 17.2 Å². The highest BCUT2D eigenvalue weighted by atomic mass is 32.1. The maximum Gasteiger partial charge on any atom is 0.255 e. The Hall–Kier alpha value is -0.870. The predicted molar refractivity (Wildman–Crippen MR) is 80.6 cm³/mol. The maximum absolute atomic E-state index is 12.7. The molecule has 1 amide bonds. The standard InChI is InChI=1S/C15H24N2OS/c1-3-8-17(13-6-4-12(16)5-7-13)15(18)14-10-19-9-11(14)2/h9-10,12-13H,3-8,16H2,1-2H3. The highest BCUT2D eigenvalue weighted by Crippen LogP contribution is 2.25. The van der Waals surface area contributed by atoms with Crippen LogP contribution in [0, 0.1) is 6.92 Å². The monoisotopic (exact) mass is 280 g/mol. The summed E-state index contributed by atoms with van der Waals surface area (Å²) in [6.45, 7) is 5.01. The van der Waals surface area contributed by atoms with Crippen molar-refractivity contribution in [3.05, 3.63) is 21.9 Å². The summed E-state index contributed by atoms with van der Waals surface area (Å²) in [7, 11) is 0. The Kier molecular flexibility index (Phi) is 4.99.